The molecule has 1 saturated heterocycles. The Morgan fingerprint density at radius 1 is 0.970 bits per heavy atom. The van der Waals surface area contributed by atoms with Crippen molar-refractivity contribution in [3.05, 3.63) is 99.3 Å². The summed E-state index contributed by atoms with van der Waals surface area (Å²) in [6.07, 6.45) is 6.03. The number of halogens is 1. The largest absolute Gasteiger partial charge is 0.489 e. The molecule has 0 spiro atoms. The van der Waals surface area contributed by atoms with Gasteiger partial charge in [0.2, 0.25) is 11.8 Å². The zero-order chi connectivity index (χ0) is 48.7. The van der Waals surface area contributed by atoms with Gasteiger partial charge in [-0.15, -0.1) is 11.3 Å². The molecule has 15 heteroatoms. The summed E-state index contributed by atoms with van der Waals surface area (Å²) in [5, 5.41) is 26.3. The van der Waals surface area contributed by atoms with Gasteiger partial charge in [-0.3, -0.25) is 24.2 Å². The Bertz CT molecular complexity index is 2410. The number of β-amino-alcohol motifs (C(OH)–C–C–N with tert-alkyl or cyclic N) is 1. The van der Waals surface area contributed by atoms with E-state index in [4.69, 9.17) is 21.1 Å². The summed E-state index contributed by atoms with van der Waals surface area (Å²) in [6, 6.07) is 16.9. The average Bonchev–Trinajstić information content (AvgIpc) is 3.91. The fourth-order valence-electron chi connectivity index (χ4n) is 9.75. The summed E-state index contributed by atoms with van der Waals surface area (Å²) in [5.41, 5.74) is 5.17. The molecule has 2 aromatic carbocycles. The number of hydrogen-bond donors (Lipinski definition) is 3. The monoisotopic (exact) mass is 952 g/mol. The first kappa shape index (κ1) is 51.2. The molecule has 4 aromatic rings. The summed E-state index contributed by atoms with van der Waals surface area (Å²) in [6.45, 7) is 16.1. The standard InChI is InChI=1S/C52H65ClN6O7S/c1-32-44(67-31-56-32)40-22-16-34(28-55-40)17-23-42(61)41-25-37(60)29-59(41)47(64)45(50(2,3)4)57-43(62)30-65-24-12-10-9-11-13-33-14-18-35(19-15-33)46(63)58-48-51(5,6)49(52(48,7)8)66-38-21-20-36(27-54)39(53)26-38/h14-16,18-22,26,28,31,37,41,45,48-49,60H,9-13,17,23-25,29-30H2,1-8H3,(H,57,62)(H,58,63)/t37-,41+,45-,48?,49?/m1/s1. The zero-order valence-electron chi connectivity index (χ0n) is 40.0. The van der Waals surface area contributed by atoms with E-state index in [0.29, 0.717) is 34.9 Å². The molecule has 2 fully saturated rings. The van der Waals surface area contributed by atoms with E-state index in [1.165, 1.54) is 16.2 Å². The van der Waals surface area contributed by atoms with Gasteiger partial charge in [-0.2, -0.15) is 5.26 Å². The van der Waals surface area contributed by atoms with Gasteiger partial charge in [0.1, 0.15) is 30.6 Å². The number of carbonyl (C=O) groups is 4. The molecule has 6 rings (SSSR count). The number of nitrogens with zero attached hydrogens (tertiary/aromatic N) is 4. The van der Waals surface area contributed by atoms with Crippen LogP contribution in [0.15, 0.2) is 66.3 Å². The highest BCUT2D eigenvalue weighted by Crippen LogP contribution is 2.55. The minimum Gasteiger partial charge on any atom is -0.489 e. The maximum atomic E-state index is 14.0. The molecule has 0 bridgehead atoms. The van der Waals surface area contributed by atoms with Crippen molar-refractivity contribution in [1.29, 1.82) is 5.26 Å². The number of rotatable bonds is 20. The molecule has 2 aromatic heterocycles. The Morgan fingerprint density at radius 2 is 1.67 bits per heavy atom. The van der Waals surface area contributed by atoms with E-state index in [1.54, 1.807) is 29.9 Å². The highest BCUT2D eigenvalue weighted by molar-refractivity contribution is 7.13. The van der Waals surface area contributed by atoms with Crippen molar-refractivity contribution >= 4 is 46.4 Å². The van der Waals surface area contributed by atoms with Crippen LogP contribution < -0.4 is 15.4 Å². The normalized spacial score (nSPS) is 20.0. The lowest BCUT2D eigenvalue weighted by Gasteiger charge is -2.63. The van der Waals surface area contributed by atoms with E-state index in [9.17, 15) is 29.5 Å². The Balaban J connectivity index is 0.878. The highest BCUT2D eigenvalue weighted by atomic mass is 35.5. The second-order valence-corrected chi connectivity index (χ2v) is 21.5. The van der Waals surface area contributed by atoms with Gasteiger partial charge in [0.15, 0.2) is 5.78 Å². The molecule has 1 saturated carbocycles. The van der Waals surface area contributed by atoms with Crippen LogP contribution in [0.5, 0.6) is 5.75 Å². The Kier molecular flexibility index (Phi) is 16.7. The summed E-state index contributed by atoms with van der Waals surface area (Å²) < 4.78 is 12.1. The van der Waals surface area contributed by atoms with Crippen molar-refractivity contribution in [2.24, 2.45) is 16.2 Å². The number of aliphatic hydroxyl groups is 1. The SMILES string of the molecule is Cc1ncsc1-c1ccc(CCC(=O)[C@@H]2C[C@@H](O)CN2C(=O)[C@@H](NC(=O)COCCCCCCc2ccc(C(=O)NC3C(C)(C)C(Oc4ccc(C#N)c(Cl)c4)C3(C)C)cc2)C(C)(C)C)cn1. The maximum absolute atomic E-state index is 14.0. The van der Waals surface area contributed by atoms with Crippen LogP contribution in [0.3, 0.4) is 0 Å². The molecule has 3 amide bonds. The van der Waals surface area contributed by atoms with Gasteiger partial charge in [0, 0.05) is 60.7 Å². The number of pyridine rings is 1. The van der Waals surface area contributed by atoms with E-state index in [1.807, 2.05) is 64.1 Å². The van der Waals surface area contributed by atoms with E-state index < -0.39 is 35.4 Å². The van der Waals surface area contributed by atoms with Crippen LogP contribution in [0.2, 0.25) is 5.02 Å². The van der Waals surface area contributed by atoms with Gasteiger partial charge in [0.05, 0.1) is 44.5 Å². The fourth-order valence-corrected chi connectivity index (χ4v) is 10.7. The summed E-state index contributed by atoms with van der Waals surface area (Å²) in [7, 11) is 0. The molecule has 2 aliphatic rings. The number of likely N-dealkylation sites (tertiary alicyclic amines) is 1. The predicted molar refractivity (Wildman–Crippen MR) is 260 cm³/mol. The molecule has 0 unspecified atom stereocenters. The van der Waals surface area contributed by atoms with Crippen molar-refractivity contribution in [3.63, 3.8) is 0 Å². The molecular formula is C52H65ClN6O7S. The predicted octanol–water partition coefficient (Wildman–Crippen LogP) is 8.46. The number of unbranched alkanes of at least 4 members (excludes halogenated alkanes) is 3. The summed E-state index contributed by atoms with van der Waals surface area (Å²) in [4.78, 5) is 65.3. The number of hydrogen-bond acceptors (Lipinski definition) is 11. The number of ether oxygens (including phenoxy) is 2. The van der Waals surface area contributed by atoms with Gasteiger partial charge in [-0.05, 0) is 79.5 Å². The minimum atomic E-state index is -0.919. The van der Waals surface area contributed by atoms with Crippen LogP contribution in [0.1, 0.15) is 120 Å². The third kappa shape index (κ3) is 12.5. The number of thiazole rings is 1. The van der Waals surface area contributed by atoms with Crippen LogP contribution >= 0.6 is 22.9 Å². The number of amides is 3. The lowest BCUT2D eigenvalue weighted by atomic mass is 9.49. The van der Waals surface area contributed by atoms with E-state index in [2.05, 4.69) is 54.4 Å². The Labute approximate surface area is 404 Å². The van der Waals surface area contributed by atoms with Crippen LogP contribution in [-0.2, 0) is 32.0 Å². The van der Waals surface area contributed by atoms with Gasteiger partial charge in [-0.25, -0.2) is 4.98 Å². The Hall–Kier alpha value is -5.20. The molecule has 3 heterocycles. The number of nitrogens with one attached hydrogen (secondary N) is 2. The summed E-state index contributed by atoms with van der Waals surface area (Å²) >= 11 is 7.77. The molecule has 3 N–H and O–H groups in total. The van der Waals surface area contributed by atoms with Crippen molar-refractivity contribution in [2.45, 2.75) is 137 Å². The number of aryl methyl sites for hydroxylation is 3. The van der Waals surface area contributed by atoms with Crippen molar-refractivity contribution in [2.75, 3.05) is 19.8 Å². The zero-order valence-corrected chi connectivity index (χ0v) is 41.6. The van der Waals surface area contributed by atoms with Gasteiger partial charge >= 0.3 is 0 Å². The molecular weight excluding hydrogens is 888 g/mol. The van der Waals surface area contributed by atoms with E-state index >= 15 is 0 Å². The molecule has 1 aliphatic heterocycles. The van der Waals surface area contributed by atoms with Gasteiger partial charge < -0.3 is 30.1 Å². The van der Waals surface area contributed by atoms with E-state index in [0.717, 1.165) is 59.5 Å². The van der Waals surface area contributed by atoms with E-state index in [-0.39, 0.29) is 60.7 Å². The molecule has 358 valence electrons. The second-order valence-electron chi connectivity index (χ2n) is 20.3. The summed E-state index contributed by atoms with van der Waals surface area (Å²) in [5.74, 6) is -0.496. The molecule has 3 atom stereocenters. The van der Waals surface area contributed by atoms with Crippen LogP contribution in [-0.4, -0.2) is 93.6 Å². The molecule has 1 aliphatic carbocycles. The molecule has 13 nitrogen and oxygen atoms in total. The number of nitriles is 1. The lowest BCUT2D eigenvalue weighted by molar-refractivity contribution is -0.164. The topological polar surface area (TPSA) is 184 Å². The average molecular weight is 954 g/mol. The lowest BCUT2D eigenvalue weighted by Crippen LogP contribution is -2.74. The first-order valence-corrected chi connectivity index (χ1v) is 24.5. The maximum Gasteiger partial charge on any atom is 0.251 e. The Morgan fingerprint density at radius 3 is 2.30 bits per heavy atom. The quantitative estimate of drug-likeness (QED) is 0.0727. The third-order valence-corrected chi connectivity index (χ3v) is 14.5. The van der Waals surface area contributed by atoms with Gasteiger partial charge in [-0.1, -0.05) is 91.1 Å². The number of ketones is 1. The number of benzene rings is 2. The van der Waals surface area contributed by atoms with Gasteiger partial charge in [0.25, 0.3) is 5.91 Å². The molecule has 67 heavy (non-hydrogen) atoms. The van der Waals surface area contributed by atoms with Crippen molar-refractivity contribution in [1.82, 2.24) is 25.5 Å². The first-order chi connectivity index (χ1) is 31.7. The van der Waals surface area contributed by atoms with Crippen molar-refractivity contribution in [3.8, 4) is 22.4 Å². The minimum absolute atomic E-state index is 0.0248. The first-order valence-electron chi connectivity index (χ1n) is 23.2. The number of carbonyl (C=O) groups excluding carboxylic acids is 4. The molecule has 0 radical (unpaired) electrons. The third-order valence-electron chi connectivity index (χ3n) is 13.2. The highest BCUT2D eigenvalue weighted by Gasteiger charge is 2.64. The van der Waals surface area contributed by atoms with Crippen LogP contribution in [0.25, 0.3) is 10.6 Å². The van der Waals surface area contributed by atoms with Crippen molar-refractivity contribution < 1.29 is 33.8 Å². The fraction of sp³-hybridized carbons (Fsp3) is 0.519. The van der Waals surface area contributed by atoms with Crippen LogP contribution in [0.4, 0.5) is 0 Å². The van der Waals surface area contributed by atoms with Crippen LogP contribution in [0, 0.1) is 34.5 Å². The number of aliphatic hydroxyl groups excluding tert-OH is 1. The number of Topliss-reactive ketones (excluding diaryl/α,β-unsaturated/α-hetero) is 1. The smallest absolute Gasteiger partial charge is 0.251 e. The second kappa shape index (κ2) is 21.8. The number of aromatic nitrogens is 2.